The molecule has 1 aromatic rings. The summed E-state index contributed by atoms with van der Waals surface area (Å²) in [5, 5.41) is 14.3. The SMILES string of the molecule is N#CNCC1CC[C@H](C(=O)Nc2ccc3c(c2)CCC3)C1. The van der Waals surface area contributed by atoms with E-state index in [9.17, 15) is 4.79 Å². The molecule has 4 nitrogen and oxygen atoms in total. The average molecular weight is 283 g/mol. The van der Waals surface area contributed by atoms with Gasteiger partial charge in [0.2, 0.25) is 5.91 Å². The van der Waals surface area contributed by atoms with Crippen LogP contribution in [-0.4, -0.2) is 12.5 Å². The van der Waals surface area contributed by atoms with Gasteiger partial charge in [0.25, 0.3) is 0 Å². The molecule has 1 saturated carbocycles. The van der Waals surface area contributed by atoms with E-state index in [4.69, 9.17) is 5.26 Å². The minimum atomic E-state index is 0.0868. The molecule has 2 atom stereocenters. The smallest absolute Gasteiger partial charge is 0.227 e. The number of anilines is 1. The standard InChI is InChI=1S/C17H21N3O/c18-11-19-10-12-4-5-15(8-12)17(21)20-16-7-6-13-2-1-3-14(13)9-16/h6-7,9,12,15,19H,1-5,8,10H2,(H,20,21)/t12?,15-/m0/s1. The molecule has 1 fully saturated rings. The Morgan fingerprint density at radius 2 is 2.14 bits per heavy atom. The Morgan fingerprint density at radius 3 is 3.00 bits per heavy atom. The molecular weight excluding hydrogens is 262 g/mol. The molecule has 2 aliphatic carbocycles. The van der Waals surface area contributed by atoms with Crippen molar-refractivity contribution in [1.82, 2.24) is 5.32 Å². The second kappa shape index (κ2) is 6.17. The second-order valence-electron chi connectivity index (χ2n) is 6.19. The van der Waals surface area contributed by atoms with Crippen LogP contribution >= 0.6 is 0 Å². The second-order valence-corrected chi connectivity index (χ2v) is 6.19. The van der Waals surface area contributed by atoms with Crippen molar-refractivity contribution >= 4 is 11.6 Å². The highest BCUT2D eigenvalue weighted by atomic mass is 16.1. The molecule has 1 aromatic carbocycles. The Balaban J connectivity index is 1.56. The lowest BCUT2D eigenvalue weighted by Gasteiger charge is -2.12. The largest absolute Gasteiger partial charge is 0.326 e. The Hall–Kier alpha value is -2.02. The summed E-state index contributed by atoms with van der Waals surface area (Å²) in [4.78, 5) is 12.3. The van der Waals surface area contributed by atoms with Gasteiger partial charge in [-0.05, 0) is 67.7 Å². The fraction of sp³-hybridized carbons (Fsp3) is 0.529. The Kier molecular flexibility index (Phi) is 4.10. The number of carbonyl (C=O) groups excluding carboxylic acids is 1. The predicted molar refractivity (Wildman–Crippen MR) is 81.5 cm³/mol. The zero-order valence-electron chi connectivity index (χ0n) is 12.2. The van der Waals surface area contributed by atoms with Gasteiger partial charge >= 0.3 is 0 Å². The van der Waals surface area contributed by atoms with Crippen LogP contribution in [0.1, 0.15) is 36.8 Å². The maximum atomic E-state index is 12.3. The van der Waals surface area contributed by atoms with Gasteiger partial charge < -0.3 is 10.6 Å². The molecule has 4 heteroatoms. The lowest BCUT2D eigenvalue weighted by atomic mass is 10.0. The molecule has 21 heavy (non-hydrogen) atoms. The van der Waals surface area contributed by atoms with Gasteiger partial charge in [-0.15, -0.1) is 0 Å². The summed E-state index contributed by atoms with van der Waals surface area (Å²) < 4.78 is 0. The van der Waals surface area contributed by atoms with Crippen LogP contribution < -0.4 is 10.6 Å². The lowest BCUT2D eigenvalue weighted by Crippen LogP contribution is -2.22. The molecule has 1 unspecified atom stereocenters. The molecule has 0 saturated heterocycles. The summed E-state index contributed by atoms with van der Waals surface area (Å²) in [6.45, 7) is 0.694. The van der Waals surface area contributed by atoms with E-state index in [2.05, 4.69) is 22.8 Å². The Labute approximate surface area is 125 Å². The zero-order valence-corrected chi connectivity index (χ0v) is 12.2. The lowest BCUT2D eigenvalue weighted by molar-refractivity contribution is -0.119. The average Bonchev–Trinajstić information content (AvgIpc) is 3.13. The van der Waals surface area contributed by atoms with Gasteiger partial charge in [-0.2, -0.15) is 5.26 Å². The molecular formula is C17H21N3O. The molecule has 0 aromatic heterocycles. The van der Waals surface area contributed by atoms with Crippen LogP contribution in [0.15, 0.2) is 18.2 Å². The highest BCUT2D eigenvalue weighted by molar-refractivity contribution is 5.92. The van der Waals surface area contributed by atoms with Crippen molar-refractivity contribution in [3.63, 3.8) is 0 Å². The van der Waals surface area contributed by atoms with E-state index < -0.39 is 0 Å². The van der Waals surface area contributed by atoms with Crippen LogP contribution in [0, 0.1) is 23.3 Å². The molecule has 2 aliphatic rings. The molecule has 0 heterocycles. The maximum absolute atomic E-state index is 12.3. The van der Waals surface area contributed by atoms with Gasteiger partial charge in [0.15, 0.2) is 6.19 Å². The van der Waals surface area contributed by atoms with Gasteiger partial charge in [0, 0.05) is 18.2 Å². The molecule has 0 spiro atoms. The number of nitrogens with one attached hydrogen (secondary N) is 2. The number of nitriles is 1. The summed E-state index contributed by atoms with van der Waals surface area (Å²) in [6.07, 6.45) is 8.30. The fourth-order valence-electron chi connectivity index (χ4n) is 3.58. The monoisotopic (exact) mass is 283 g/mol. The van der Waals surface area contributed by atoms with Gasteiger partial charge in [-0.3, -0.25) is 4.79 Å². The van der Waals surface area contributed by atoms with E-state index in [-0.39, 0.29) is 11.8 Å². The molecule has 0 aliphatic heterocycles. The summed E-state index contributed by atoms with van der Waals surface area (Å²) >= 11 is 0. The van der Waals surface area contributed by atoms with E-state index in [1.165, 1.54) is 24.0 Å². The molecule has 0 bridgehead atoms. The normalized spacial score (nSPS) is 23.4. The van der Waals surface area contributed by atoms with Crippen molar-refractivity contribution < 1.29 is 4.79 Å². The van der Waals surface area contributed by atoms with Crippen molar-refractivity contribution in [1.29, 1.82) is 5.26 Å². The van der Waals surface area contributed by atoms with Crippen LogP contribution in [0.4, 0.5) is 5.69 Å². The summed E-state index contributed by atoms with van der Waals surface area (Å²) in [7, 11) is 0. The van der Waals surface area contributed by atoms with E-state index in [0.717, 1.165) is 31.4 Å². The van der Waals surface area contributed by atoms with E-state index in [1.54, 1.807) is 0 Å². The first kappa shape index (κ1) is 13.9. The van der Waals surface area contributed by atoms with Crippen LogP contribution in [0.2, 0.25) is 0 Å². The first-order chi connectivity index (χ1) is 10.3. The van der Waals surface area contributed by atoms with Crippen LogP contribution in [0.3, 0.4) is 0 Å². The van der Waals surface area contributed by atoms with Crippen molar-refractivity contribution in [3.8, 4) is 6.19 Å². The van der Waals surface area contributed by atoms with Gasteiger partial charge in [-0.25, -0.2) is 0 Å². The number of nitrogens with zero attached hydrogens (tertiary/aromatic N) is 1. The van der Waals surface area contributed by atoms with E-state index in [1.807, 2.05) is 12.3 Å². The molecule has 1 amide bonds. The van der Waals surface area contributed by atoms with Crippen molar-refractivity contribution in [2.45, 2.75) is 38.5 Å². The number of hydrogen-bond acceptors (Lipinski definition) is 3. The van der Waals surface area contributed by atoms with Crippen LogP contribution in [0.5, 0.6) is 0 Å². The summed E-state index contributed by atoms with van der Waals surface area (Å²) in [6, 6.07) is 6.29. The summed E-state index contributed by atoms with van der Waals surface area (Å²) in [5.74, 6) is 0.663. The zero-order chi connectivity index (χ0) is 14.7. The Bertz CT molecular complexity index is 576. The minimum Gasteiger partial charge on any atom is -0.326 e. The highest BCUT2D eigenvalue weighted by Gasteiger charge is 2.29. The number of fused-ring (bicyclic) bond motifs is 1. The van der Waals surface area contributed by atoms with Crippen LogP contribution in [-0.2, 0) is 17.6 Å². The third kappa shape index (κ3) is 3.18. The van der Waals surface area contributed by atoms with Gasteiger partial charge in [0.05, 0.1) is 0 Å². The third-order valence-corrected chi connectivity index (χ3v) is 4.75. The van der Waals surface area contributed by atoms with Crippen molar-refractivity contribution in [2.24, 2.45) is 11.8 Å². The third-order valence-electron chi connectivity index (χ3n) is 4.75. The van der Waals surface area contributed by atoms with E-state index >= 15 is 0 Å². The quantitative estimate of drug-likeness (QED) is 0.659. The highest BCUT2D eigenvalue weighted by Crippen LogP contribution is 2.32. The molecule has 0 radical (unpaired) electrons. The first-order valence-electron chi connectivity index (χ1n) is 7.81. The van der Waals surface area contributed by atoms with Crippen molar-refractivity contribution in [3.05, 3.63) is 29.3 Å². The maximum Gasteiger partial charge on any atom is 0.227 e. The van der Waals surface area contributed by atoms with Crippen LogP contribution in [0.25, 0.3) is 0 Å². The number of rotatable bonds is 4. The number of benzene rings is 1. The molecule has 2 N–H and O–H groups in total. The number of hydrogen-bond donors (Lipinski definition) is 2. The number of amides is 1. The molecule has 110 valence electrons. The number of aryl methyl sites for hydroxylation is 2. The predicted octanol–water partition coefficient (Wildman–Crippen LogP) is 2.60. The fourth-order valence-corrected chi connectivity index (χ4v) is 3.58. The minimum absolute atomic E-state index is 0.0868. The van der Waals surface area contributed by atoms with Gasteiger partial charge in [0.1, 0.15) is 0 Å². The van der Waals surface area contributed by atoms with E-state index in [0.29, 0.717) is 12.5 Å². The Morgan fingerprint density at radius 1 is 1.29 bits per heavy atom. The topological polar surface area (TPSA) is 64.9 Å². The van der Waals surface area contributed by atoms with Crippen molar-refractivity contribution in [2.75, 3.05) is 11.9 Å². The van der Waals surface area contributed by atoms with Gasteiger partial charge in [-0.1, -0.05) is 6.07 Å². The number of carbonyl (C=O) groups is 1. The summed E-state index contributed by atoms with van der Waals surface area (Å²) in [5.41, 5.74) is 3.74. The first-order valence-corrected chi connectivity index (χ1v) is 7.81. The molecule has 3 rings (SSSR count).